The molecule has 0 fully saturated rings. The number of aromatic nitrogens is 3. The van der Waals surface area contributed by atoms with Crippen molar-refractivity contribution >= 4 is 5.97 Å². The minimum absolute atomic E-state index is 0.160. The van der Waals surface area contributed by atoms with Crippen molar-refractivity contribution in [3.8, 4) is 22.8 Å². The Morgan fingerprint density at radius 1 is 0.956 bits per heavy atom. The predicted octanol–water partition coefficient (Wildman–Crippen LogP) is 7.14. The number of alkyl halides is 3. The molecule has 0 radical (unpaired) electrons. The van der Waals surface area contributed by atoms with Gasteiger partial charge in [-0.1, -0.05) is 66.2 Å². The number of aryl methyl sites for hydroxylation is 1. The van der Waals surface area contributed by atoms with E-state index in [-0.39, 0.29) is 5.82 Å². The van der Waals surface area contributed by atoms with E-state index in [0.717, 1.165) is 43.6 Å². The molecular formula is C35H31F3N4O3. The number of hydrogen-bond donors (Lipinski definition) is 1. The third-order valence-corrected chi connectivity index (χ3v) is 7.95. The van der Waals surface area contributed by atoms with Gasteiger partial charge in [0.2, 0.25) is 0 Å². The summed E-state index contributed by atoms with van der Waals surface area (Å²) in [5.41, 5.74) is 4.53. The molecule has 3 aromatic carbocycles. The van der Waals surface area contributed by atoms with Crippen LogP contribution >= 0.6 is 0 Å². The van der Waals surface area contributed by atoms with E-state index in [1.54, 1.807) is 12.1 Å². The van der Waals surface area contributed by atoms with Gasteiger partial charge in [-0.3, -0.25) is 4.90 Å². The van der Waals surface area contributed by atoms with Crippen LogP contribution in [-0.2, 0) is 32.2 Å². The van der Waals surface area contributed by atoms with E-state index >= 15 is 0 Å². The molecule has 7 nitrogen and oxygen atoms in total. The number of carboxylic acid groups (broad SMARTS) is 1. The van der Waals surface area contributed by atoms with Gasteiger partial charge in [-0.2, -0.15) is 18.3 Å². The van der Waals surface area contributed by atoms with Gasteiger partial charge in [-0.25, -0.2) is 14.5 Å². The van der Waals surface area contributed by atoms with Crippen LogP contribution < -0.4 is 4.74 Å². The topological polar surface area (TPSA) is 80.5 Å². The summed E-state index contributed by atoms with van der Waals surface area (Å²) >= 11 is 0. The molecule has 1 aliphatic heterocycles. The molecule has 5 aromatic rings. The quantitative estimate of drug-likeness (QED) is 0.191. The summed E-state index contributed by atoms with van der Waals surface area (Å²) in [5.74, 6) is -1.35. The Hall–Kier alpha value is -4.96. The van der Waals surface area contributed by atoms with E-state index in [4.69, 9.17) is 4.74 Å². The predicted molar refractivity (Wildman–Crippen MR) is 163 cm³/mol. The van der Waals surface area contributed by atoms with E-state index < -0.39 is 23.4 Å². The number of rotatable bonds is 9. The van der Waals surface area contributed by atoms with Crippen molar-refractivity contribution in [1.29, 1.82) is 0 Å². The smallest absolute Gasteiger partial charge is 0.434 e. The lowest BCUT2D eigenvalue weighted by Crippen LogP contribution is -2.32. The van der Waals surface area contributed by atoms with Crippen molar-refractivity contribution < 1.29 is 27.8 Å². The van der Waals surface area contributed by atoms with E-state index in [1.165, 1.54) is 22.8 Å². The summed E-state index contributed by atoms with van der Waals surface area (Å²) in [7, 11) is 0. The first kappa shape index (κ1) is 30.1. The van der Waals surface area contributed by atoms with Gasteiger partial charge in [0.05, 0.1) is 11.9 Å². The van der Waals surface area contributed by atoms with Crippen molar-refractivity contribution in [2.24, 2.45) is 0 Å². The number of carbonyl (C=O) groups is 1. The van der Waals surface area contributed by atoms with E-state index in [0.29, 0.717) is 34.5 Å². The largest absolute Gasteiger partial charge is 0.488 e. The molecule has 1 aliphatic rings. The van der Waals surface area contributed by atoms with Crippen LogP contribution in [0.3, 0.4) is 0 Å². The Labute approximate surface area is 258 Å². The number of halogens is 3. The molecule has 3 heterocycles. The summed E-state index contributed by atoms with van der Waals surface area (Å²) in [4.78, 5) is 18.4. The maximum Gasteiger partial charge on any atom is 0.434 e. The molecule has 0 bridgehead atoms. The van der Waals surface area contributed by atoms with Crippen LogP contribution in [-0.4, -0.2) is 43.8 Å². The lowest BCUT2D eigenvalue weighted by Gasteiger charge is -2.29. The fourth-order valence-electron chi connectivity index (χ4n) is 5.65. The molecule has 0 amide bonds. The van der Waals surface area contributed by atoms with Gasteiger partial charge in [-0.15, -0.1) is 0 Å². The third-order valence-electron chi connectivity index (χ3n) is 7.95. The molecule has 0 saturated carbocycles. The van der Waals surface area contributed by atoms with E-state index in [2.05, 4.69) is 57.4 Å². The second kappa shape index (κ2) is 12.6. The van der Waals surface area contributed by atoms with E-state index in [9.17, 15) is 23.1 Å². The second-order valence-electron chi connectivity index (χ2n) is 11.2. The SMILES string of the molecule is Cc1ccc(OCc2ccc3c(c2)CCN(CCc2ccccc2)C3)c(-c2cccc(-n3ncc(C(=O)O)c3C(F)(F)F)n2)c1. The summed E-state index contributed by atoms with van der Waals surface area (Å²) in [5, 5.41) is 13.0. The maximum absolute atomic E-state index is 13.8. The standard InChI is InChI=1S/C35H31F3N4O3/c1-23-10-13-31(28(18-23)30-8-5-9-32(40-30)42-33(35(36,37)38)29(20-39-42)34(43)44)45-22-25-11-12-27-21-41(17-15-26(27)19-25)16-14-24-6-3-2-4-7-24/h2-13,18-20H,14-17,21-22H2,1H3,(H,43,44). The Balaban J connectivity index is 1.19. The highest BCUT2D eigenvalue weighted by Crippen LogP contribution is 2.35. The number of ether oxygens (including phenoxy) is 1. The minimum atomic E-state index is -4.95. The molecule has 45 heavy (non-hydrogen) atoms. The Morgan fingerprint density at radius 3 is 2.56 bits per heavy atom. The van der Waals surface area contributed by atoms with Gasteiger partial charge in [0.25, 0.3) is 0 Å². The number of carboxylic acids is 1. The highest BCUT2D eigenvalue weighted by Gasteiger charge is 2.41. The van der Waals surface area contributed by atoms with Crippen LogP contribution in [0.15, 0.2) is 91.1 Å². The molecule has 0 saturated heterocycles. The fourth-order valence-corrected chi connectivity index (χ4v) is 5.65. The first-order valence-electron chi connectivity index (χ1n) is 14.6. The van der Waals surface area contributed by atoms with Crippen LogP contribution in [0.2, 0.25) is 0 Å². The Kier molecular flexibility index (Phi) is 8.40. The Morgan fingerprint density at radius 2 is 1.78 bits per heavy atom. The van der Waals surface area contributed by atoms with E-state index in [1.807, 2.05) is 31.2 Å². The van der Waals surface area contributed by atoms with Gasteiger partial charge < -0.3 is 9.84 Å². The first-order chi connectivity index (χ1) is 21.7. The zero-order valence-corrected chi connectivity index (χ0v) is 24.6. The minimum Gasteiger partial charge on any atom is -0.488 e. The molecule has 0 atom stereocenters. The van der Waals surface area contributed by atoms with Crippen molar-refractivity contribution in [3.63, 3.8) is 0 Å². The zero-order valence-electron chi connectivity index (χ0n) is 24.6. The zero-order chi connectivity index (χ0) is 31.6. The van der Waals surface area contributed by atoms with Crippen molar-refractivity contribution in [2.75, 3.05) is 13.1 Å². The number of nitrogens with zero attached hydrogens (tertiary/aromatic N) is 4. The number of hydrogen-bond acceptors (Lipinski definition) is 5. The molecule has 6 rings (SSSR count). The summed E-state index contributed by atoms with van der Waals surface area (Å²) in [6.07, 6.45) is -2.29. The third kappa shape index (κ3) is 6.76. The van der Waals surface area contributed by atoms with Gasteiger partial charge in [0.15, 0.2) is 11.5 Å². The number of aromatic carboxylic acids is 1. The molecular weight excluding hydrogens is 581 g/mol. The summed E-state index contributed by atoms with van der Waals surface area (Å²) in [6.45, 7) is 5.12. The van der Waals surface area contributed by atoms with Crippen molar-refractivity contribution in [1.82, 2.24) is 19.7 Å². The van der Waals surface area contributed by atoms with Crippen LogP contribution in [0.1, 0.15) is 43.9 Å². The number of pyridine rings is 1. The van der Waals surface area contributed by atoms with Gasteiger partial charge in [0, 0.05) is 25.2 Å². The molecule has 2 aromatic heterocycles. The van der Waals surface area contributed by atoms with Gasteiger partial charge in [-0.05, 0) is 66.3 Å². The van der Waals surface area contributed by atoms with Gasteiger partial charge >= 0.3 is 12.1 Å². The maximum atomic E-state index is 13.8. The molecule has 0 unspecified atom stereocenters. The Bertz CT molecular complexity index is 1840. The van der Waals surface area contributed by atoms with Crippen LogP contribution in [0, 0.1) is 6.92 Å². The molecule has 0 aliphatic carbocycles. The highest BCUT2D eigenvalue weighted by atomic mass is 19.4. The average Bonchev–Trinajstić information content (AvgIpc) is 3.51. The average molecular weight is 613 g/mol. The lowest BCUT2D eigenvalue weighted by atomic mass is 9.97. The molecule has 1 N–H and O–H groups in total. The summed E-state index contributed by atoms with van der Waals surface area (Å²) in [6, 6.07) is 27.1. The highest BCUT2D eigenvalue weighted by molar-refractivity contribution is 5.89. The normalized spacial score (nSPS) is 13.4. The summed E-state index contributed by atoms with van der Waals surface area (Å²) < 4.78 is 48.3. The first-order valence-corrected chi connectivity index (χ1v) is 14.6. The van der Waals surface area contributed by atoms with Crippen molar-refractivity contribution in [3.05, 3.63) is 130 Å². The fraction of sp³-hybridized carbons (Fsp3) is 0.229. The lowest BCUT2D eigenvalue weighted by molar-refractivity contribution is -0.143. The van der Waals surface area contributed by atoms with Gasteiger partial charge in [0.1, 0.15) is 17.9 Å². The second-order valence-corrected chi connectivity index (χ2v) is 11.2. The van der Waals surface area contributed by atoms with Crippen LogP contribution in [0.4, 0.5) is 13.2 Å². The monoisotopic (exact) mass is 612 g/mol. The molecule has 10 heteroatoms. The number of benzene rings is 3. The number of fused-ring (bicyclic) bond motifs is 1. The molecule has 230 valence electrons. The van der Waals surface area contributed by atoms with Crippen LogP contribution in [0.25, 0.3) is 17.1 Å². The van der Waals surface area contributed by atoms with Crippen molar-refractivity contribution in [2.45, 2.75) is 39.1 Å². The molecule has 0 spiro atoms. The van der Waals surface area contributed by atoms with Crippen LogP contribution in [0.5, 0.6) is 5.75 Å².